The molecule has 6 nitrogen and oxygen atoms in total. The molecule has 0 saturated heterocycles. The Hall–Kier alpha value is -1.73. The van der Waals surface area contributed by atoms with Crippen LogP contribution in [0.4, 0.5) is 4.79 Å². The quantitative estimate of drug-likeness (QED) is 0.755. The summed E-state index contributed by atoms with van der Waals surface area (Å²) in [6, 6.07) is 7.18. The highest BCUT2D eigenvalue weighted by atomic mass is 35.5. The van der Waals surface area contributed by atoms with Crippen LogP contribution in [0.3, 0.4) is 0 Å². The van der Waals surface area contributed by atoms with Crippen molar-refractivity contribution in [3.63, 3.8) is 0 Å². The van der Waals surface area contributed by atoms with Gasteiger partial charge in [-0.1, -0.05) is 23.7 Å². The fourth-order valence-corrected chi connectivity index (χ4v) is 2.84. The molecular formula is C14H18ClN5OS. The molecule has 2 amide bonds. The average molecular weight is 340 g/mol. The van der Waals surface area contributed by atoms with Crippen molar-refractivity contribution in [2.75, 3.05) is 12.8 Å². The molecule has 22 heavy (non-hydrogen) atoms. The average Bonchev–Trinajstić information content (AvgIpc) is 3.02. The van der Waals surface area contributed by atoms with Gasteiger partial charge in [0.15, 0.2) is 0 Å². The van der Waals surface area contributed by atoms with Gasteiger partial charge in [-0.3, -0.25) is 5.10 Å². The molecule has 0 unspecified atom stereocenters. The number of halogens is 1. The van der Waals surface area contributed by atoms with Crippen LogP contribution >= 0.6 is 23.4 Å². The molecule has 0 spiro atoms. The number of nitrogens with one attached hydrogen (secondary N) is 3. The third-order valence-electron chi connectivity index (χ3n) is 3.14. The summed E-state index contributed by atoms with van der Waals surface area (Å²) in [5.74, 6) is 0.617. The maximum Gasteiger partial charge on any atom is 0.315 e. The second-order valence-electron chi connectivity index (χ2n) is 4.73. The van der Waals surface area contributed by atoms with E-state index in [0.717, 1.165) is 5.56 Å². The van der Waals surface area contributed by atoms with Crippen LogP contribution in [0.25, 0.3) is 0 Å². The lowest BCUT2D eigenvalue weighted by Crippen LogP contribution is -2.39. The van der Waals surface area contributed by atoms with Crippen molar-refractivity contribution >= 4 is 29.4 Å². The van der Waals surface area contributed by atoms with E-state index < -0.39 is 0 Å². The van der Waals surface area contributed by atoms with Crippen molar-refractivity contribution in [2.24, 2.45) is 0 Å². The smallest absolute Gasteiger partial charge is 0.315 e. The zero-order valence-corrected chi connectivity index (χ0v) is 13.9. The van der Waals surface area contributed by atoms with Gasteiger partial charge in [0.2, 0.25) is 0 Å². The Kier molecular flexibility index (Phi) is 6.09. The van der Waals surface area contributed by atoms with Crippen LogP contribution in [-0.4, -0.2) is 34.0 Å². The second-order valence-corrected chi connectivity index (χ2v) is 6.20. The van der Waals surface area contributed by atoms with Crippen molar-refractivity contribution in [2.45, 2.75) is 18.2 Å². The van der Waals surface area contributed by atoms with E-state index in [9.17, 15) is 4.79 Å². The minimum atomic E-state index is -0.245. The molecule has 0 saturated carbocycles. The van der Waals surface area contributed by atoms with Crippen LogP contribution in [0.15, 0.2) is 30.6 Å². The number of nitrogens with zero attached hydrogens (tertiary/aromatic N) is 2. The zero-order chi connectivity index (χ0) is 15.9. The van der Waals surface area contributed by atoms with Crippen LogP contribution in [0, 0.1) is 0 Å². The van der Waals surface area contributed by atoms with E-state index in [1.54, 1.807) is 11.8 Å². The summed E-state index contributed by atoms with van der Waals surface area (Å²) in [6.07, 6.45) is 3.41. The summed E-state index contributed by atoms with van der Waals surface area (Å²) in [7, 11) is 0. The number of hydrogen-bond acceptors (Lipinski definition) is 4. The highest BCUT2D eigenvalue weighted by Gasteiger charge is 2.15. The van der Waals surface area contributed by atoms with Crippen molar-refractivity contribution in [1.29, 1.82) is 0 Å². The fourth-order valence-electron chi connectivity index (χ4n) is 1.97. The van der Waals surface area contributed by atoms with E-state index in [1.807, 2.05) is 37.4 Å². The van der Waals surface area contributed by atoms with Gasteiger partial charge in [0.25, 0.3) is 0 Å². The molecule has 0 fully saturated rings. The van der Waals surface area contributed by atoms with Gasteiger partial charge in [-0.15, -0.1) is 0 Å². The number of amides is 2. The van der Waals surface area contributed by atoms with E-state index in [2.05, 4.69) is 25.8 Å². The predicted molar refractivity (Wildman–Crippen MR) is 89.0 cm³/mol. The molecule has 2 atom stereocenters. The number of carbonyl (C=O) groups is 1. The number of carbonyl (C=O) groups excluding carboxylic acids is 1. The number of urea groups is 1. The Balaban J connectivity index is 1.86. The summed E-state index contributed by atoms with van der Waals surface area (Å²) in [5, 5.41) is 13.0. The van der Waals surface area contributed by atoms with Gasteiger partial charge in [-0.2, -0.15) is 16.9 Å². The number of thioether (sulfide) groups is 1. The lowest BCUT2D eigenvalue weighted by atomic mass is 10.1. The van der Waals surface area contributed by atoms with Gasteiger partial charge in [-0.05, 0) is 30.9 Å². The minimum absolute atomic E-state index is 0.144. The number of aromatic amines is 1. The summed E-state index contributed by atoms with van der Waals surface area (Å²) in [6.45, 7) is 2.35. The van der Waals surface area contributed by atoms with Crippen molar-refractivity contribution in [1.82, 2.24) is 25.8 Å². The number of H-pyrrole nitrogens is 1. The SMILES string of the molecule is CS[C@@H](CNC(=O)N[C@H](C)c1ncn[nH]1)c1cccc(Cl)c1. The molecule has 0 aliphatic carbocycles. The Morgan fingerprint density at radius 2 is 2.32 bits per heavy atom. The van der Waals surface area contributed by atoms with E-state index in [0.29, 0.717) is 17.4 Å². The molecule has 8 heteroatoms. The van der Waals surface area contributed by atoms with Crippen LogP contribution in [0.2, 0.25) is 5.02 Å². The third kappa shape index (κ3) is 4.64. The normalized spacial score (nSPS) is 13.4. The Labute approximate surface area is 138 Å². The van der Waals surface area contributed by atoms with Gasteiger partial charge in [0.05, 0.1) is 6.04 Å². The molecule has 3 N–H and O–H groups in total. The molecule has 1 aromatic heterocycles. The van der Waals surface area contributed by atoms with Gasteiger partial charge >= 0.3 is 6.03 Å². The first-order valence-electron chi connectivity index (χ1n) is 6.78. The molecule has 0 aliphatic heterocycles. The van der Waals surface area contributed by atoms with Gasteiger partial charge in [-0.25, -0.2) is 9.78 Å². The molecule has 0 aliphatic rings. The largest absolute Gasteiger partial charge is 0.337 e. The monoisotopic (exact) mass is 339 g/mol. The molecule has 0 bridgehead atoms. The molecule has 2 aromatic rings. The van der Waals surface area contributed by atoms with Crippen molar-refractivity contribution in [3.05, 3.63) is 47.0 Å². The Bertz CT molecular complexity index is 607. The Morgan fingerprint density at radius 1 is 1.50 bits per heavy atom. The molecule has 0 radical (unpaired) electrons. The molecule has 118 valence electrons. The first-order valence-corrected chi connectivity index (χ1v) is 8.44. The van der Waals surface area contributed by atoms with E-state index >= 15 is 0 Å². The Morgan fingerprint density at radius 3 is 2.95 bits per heavy atom. The van der Waals surface area contributed by atoms with E-state index in [4.69, 9.17) is 11.6 Å². The number of aromatic nitrogens is 3. The van der Waals surface area contributed by atoms with Crippen LogP contribution < -0.4 is 10.6 Å². The zero-order valence-electron chi connectivity index (χ0n) is 12.3. The summed E-state index contributed by atoms with van der Waals surface area (Å²) < 4.78 is 0. The maximum absolute atomic E-state index is 11.9. The lowest BCUT2D eigenvalue weighted by Gasteiger charge is -2.17. The summed E-state index contributed by atoms with van der Waals surface area (Å²) in [5.41, 5.74) is 1.09. The van der Waals surface area contributed by atoms with Crippen LogP contribution in [0.5, 0.6) is 0 Å². The fraction of sp³-hybridized carbons (Fsp3) is 0.357. The highest BCUT2D eigenvalue weighted by molar-refractivity contribution is 7.98. The van der Waals surface area contributed by atoms with E-state index in [-0.39, 0.29) is 17.3 Å². The van der Waals surface area contributed by atoms with Gasteiger partial charge in [0, 0.05) is 16.8 Å². The van der Waals surface area contributed by atoms with E-state index in [1.165, 1.54) is 6.33 Å². The molecular weight excluding hydrogens is 322 g/mol. The first-order chi connectivity index (χ1) is 10.6. The molecule has 1 heterocycles. The summed E-state index contributed by atoms with van der Waals surface area (Å²) in [4.78, 5) is 16.0. The number of rotatable bonds is 6. The van der Waals surface area contributed by atoms with Gasteiger partial charge in [0.1, 0.15) is 12.2 Å². The number of hydrogen-bond donors (Lipinski definition) is 3. The minimum Gasteiger partial charge on any atom is -0.337 e. The maximum atomic E-state index is 11.9. The standard InChI is InChI=1S/C14H18ClN5OS/c1-9(13-17-8-18-20-13)19-14(21)16-7-12(22-2)10-4-3-5-11(15)6-10/h3-6,8-9,12H,7H2,1-2H3,(H2,16,19,21)(H,17,18,20)/t9-,12+/m1/s1. The van der Waals surface area contributed by atoms with Crippen LogP contribution in [-0.2, 0) is 0 Å². The molecule has 1 aromatic carbocycles. The first kappa shape index (κ1) is 16.6. The predicted octanol–water partition coefficient (Wildman–Crippen LogP) is 2.92. The summed E-state index contributed by atoms with van der Waals surface area (Å²) >= 11 is 7.67. The second kappa shape index (κ2) is 8.05. The topological polar surface area (TPSA) is 82.7 Å². The van der Waals surface area contributed by atoms with Crippen molar-refractivity contribution in [3.8, 4) is 0 Å². The third-order valence-corrected chi connectivity index (χ3v) is 4.39. The lowest BCUT2D eigenvalue weighted by molar-refractivity contribution is 0.237. The highest BCUT2D eigenvalue weighted by Crippen LogP contribution is 2.27. The number of benzene rings is 1. The van der Waals surface area contributed by atoms with Crippen LogP contribution in [0.1, 0.15) is 29.6 Å². The van der Waals surface area contributed by atoms with Gasteiger partial charge < -0.3 is 10.6 Å². The van der Waals surface area contributed by atoms with Crippen molar-refractivity contribution < 1.29 is 4.79 Å². The molecule has 2 rings (SSSR count).